The van der Waals surface area contributed by atoms with Crippen molar-refractivity contribution in [3.05, 3.63) is 70.4 Å². The topological polar surface area (TPSA) is 121 Å². The molecular weight excluding hydrogens is 404 g/mol. The summed E-state index contributed by atoms with van der Waals surface area (Å²) in [7, 11) is 0. The van der Waals surface area contributed by atoms with Crippen molar-refractivity contribution in [1.29, 1.82) is 5.26 Å². The minimum Gasteiger partial charge on any atom is -0.482 e. The summed E-state index contributed by atoms with van der Waals surface area (Å²) in [6.07, 6.45) is 3.98. The minimum absolute atomic E-state index is 0.0456. The predicted octanol–water partition coefficient (Wildman–Crippen LogP) is 2.95. The minimum atomic E-state index is -0.619. The zero-order valence-corrected chi connectivity index (χ0v) is 16.7. The standard InChI is InChI=1S/C22H19ClN4O3/c23-18-10-14(5-6-20(18)30-13-21(25)28)9-16(11-24)22(29)26-8-7-15-12-27-19-4-2-1-3-17(15)19/h1-6,9-10,12,27H,7-8,13H2,(H2,25,28)(H,26,29). The van der Waals surface area contributed by atoms with Crippen LogP contribution in [0.25, 0.3) is 17.0 Å². The Labute approximate surface area is 178 Å². The van der Waals surface area contributed by atoms with Gasteiger partial charge in [0, 0.05) is 23.6 Å². The van der Waals surface area contributed by atoms with Crippen molar-refractivity contribution in [2.45, 2.75) is 6.42 Å². The van der Waals surface area contributed by atoms with Crippen molar-refractivity contribution < 1.29 is 14.3 Å². The van der Waals surface area contributed by atoms with Crippen LogP contribution in [0.3, 0.4) is 0 Å². The molecule has 30 heavy (non-hydrogen) atoms. The van der Waals surface area contributed by atoms with Gasteiger partial charge in [-0.2, -0.15) is 5.26 Å². The van der Waals surface area contributed by atoms with Gasteiger partial charge in [0.15, 0.2) is 6.61 Å². The molecule has 0 aliphatic heterocycles. The first-order valence-electron chi connectivity index (χ1n) is 9.13. The van der Waals surface area contributed by atoms with Gasteiger partial charge in [-0.3, -0.25) is 9.59 Å². The number of aromatic amines is 1. The number of carbonyl (C=O) groups excluding carboxylic acids is 2. The molecule has 0 aliphatic carbocycles. The molecule has 3 rings (SSSR count). The number of primary amides is 1. The lowest BCUT2D eigenvalue weighted by molar-refractivity contribution is -0.120. The third-order valence-electron chi connectivity index (χ3n) is 4.36. The quantitative estimate of drug-likeness (QED) is 0.381. The zero-order valence-electron chi connectivity index (χ0n) is 15.9. The fourth-order valence-corrected chi connectivity index (χ4v) is 3.18. The number of rotatable bonds is 8. The number of para-hydroxylation sites is 1. The molecule has 0 spiro atoms. The van der Waals surface area contributed by atoms with E-state index in [1.54, 1.807) is 12.1 Å². The number of amides is 2. The number of hydrogen-bond acceptors (Lipinski definition) is 4. The molecule has 0 aliphatic rings. The highest BCUT2D eigenvalue weighted by Crippen LogP contribution is 2.26. The molecule has 0 bridgehead atoms. The largest absolute Gasteiger partial charge is 0.482 e. The average Bonchev–Trinajstić information content (AvgIpc) is 3.14. The van der Waals surface area contributed by atoms with Crippen molar-refractivity contribution in [1.82, 2.24) is 10.3 Å². The Kier molecular flexibility index (Phi) is 6.73. The van der Waals surface area contributed by atoms with Crippen LogP contribution in [-0.2, 0) is 16.0 Å². The third-order valence-corrected chi connectivity index (χ3v) is 4.65. The van der Waals surface area contributed by atoms with Crippen LogP contribution in [0.5, 0.6) is 5.75 Å². The maximum Gasteiger partial charge on any atom is 0.261 e. The van der Waals surface area contributed by atoms with Gasteiger partial charge in [-0.05, 0) is 41.8 Å². The SMILES string of the molecule is N#CC(=Cc1ccc(OCC(N)=O)c(Cl)c1)C(=O)NCCc1c[nH]c2ccccc12. The summed E-state index contributed by atoms with van der Waals surface area (Å²) in [6, 6.07) is 14.5. The fourth-order valence-electron chi connectivity index (χ4n) is 2.93. The van der Waals surface area contributed by atoms with Crippen molar-refractivity contribution in [3.63, 3.8) is 0 Å². The smallest absolute Gasteiger partial charge is 0.261 e. The van der Waals surface area contributed by atoms with E-state index < -0.39 is 11.8 Å². The molecule has 7 nitrogen and oxygen atoms in total. The van der Waals surface area contributed by atoms with Crippen LogP contribution in [0.2, 0.25) is 5.02 Å². The summed E-state index contributed by atoms with van der Waals surface area (Å²) in [4.78, 5) is 26.4. The summed E-state index contributed by atoms with van der Waals surface area (Å²) in [5.41, 5.74) is 7.67. The molecule has 2 aromatic carbocycles. The van der Waals surface area contributed by atoms with E-state index in [1.807, 2.05) is 36.5 Å². The summed E-state index contributed by atoms with van der Waals surface area (Å²) in [6.45, 7) is 0.0948. The molecule has 152 valence electrons. The first-order valence-corrected chi connectivity index (χ1v) is 9.51. The van der Waals surface area contributed by atoms with Gasteiger partial charge in [0.2, 0.25) is 0 Å². The Morgan fingerprint density at radius 1 is 1.27 bits per heavy atom. The third kappa shape index (κ3) is 5.19. The van der Waals surface area contributed by atoms with E-state index in [0.29, 0.717) is 18.5 Å². The number of nitrogens with one attached hydrogen (secondary N) is 2. The van der Waals surface area contributed by atoms with E-state index >= 15 is 0 Å². The molecule has 0 radical (unpaired) electrons. The molecular formula is C22H19ClN4O3. The van der Waals surface area contributed by atoms with Crippen molar-refractivity contribution in [2.75, 3.05) is 13.2 Å². The number of nitriles is 1. The van der Waals surface area contributed by atoms with Gasteiger partial charge in [-0.25, -0.2) is 0 Å². The van der Waals surface area contributed by atoms with E-state index in [1.165, 1.54) is 12.1 Å². The number of benzene rings is 2. The molecule has 1 heterocycles. The van der Waals surface area contributed by atoms with Crippen LogP contribution in [0.4, 0.5) is 0 Å². The highest BCUT2D eigenvalue weighted by atomic mass is 35.5. The first-order chi connectivity index (χ1) is 14.5. The molecule has 0 atom stereocenters. The molecule has 1 aromatic heterocycles. The van der Waals surface area contributed by atoms with E-state index in [0.717, 1.165) is 16.5 Å². The van der Waals surface area contributed by atoms with Crippen LogP contribution in [0.1, 0.15) is 11.1 Å². The predicted molar refractivity (Wildman–Crippen MR) is 115 cm³/mol. The molecule has 3 aromatic rings. The monoisotopic (exact) mass is 422 g/mol. The van der Waals surface area contributed by atoms with Gasteiger partial charge in [-0.1, -0.05) is 35.9 Å². The van der Waals surface area contributed by atoms with Crippen LogP contribution in [0, 0.1) is 11.3 Å². The lowest BCUT2D eigenvalue weighted by atomic mass is 10.1. The number of nitrogens with two attached hydrogens (primary N) is 1. The number of nitrogens with zero attached hydrogens (tertiary/aromatic N) is 1. The van der Waals surface area contributed by atoms with Gasteiger partial charge in [0.05, 0.1) is 5.02 Å². The van der Waals surface area contributed by atoms with Crippen molar-refractivity contribution >= 4 is 40.4 Å². The first kappa shape index (κ1) is 21.0. The molecule has 4 N–H and O–H groups in total. The summed E-state index contributed by atoms with van der Waals surface area (Å²) in [5.74, 6) is -0.803. The molecule has 0 unspecified atom stereocenters. The molecule has 2 amide bonds. The van der Waals surface area contributed by atoms with Gasteiger partial charge in [-0.15, -0.1) is 0 Å². The normalized spacial score (nSPS) is 11.1. The number of ether oxygens (including phenoxy) is 1. The van der Waals surface area contributed by atoms with Crippen molar-refractivity contribution in [2.24, 2.45) is 5.73 Å². The summed E-state index contributed by atoms with van der Waals surface area (Å²) in [5, 5.41) is 13.5. The van der Waals surface area contributed by atoms with Crippen molar-refractivity contribution in [3.8, 4) is 11.8 Å². The Balaban J connectivity index is 1.62. The van der Waals surface area contributed by atoms with E-state index in [-0.39, 0.29) is 23.0 Å². The average molecular weight is 423 g/mol. The summed E-state index contributed by atoms with van der Waals surface area (Å²) < 4.78 is 5.18. The zero-order chi connectivity index (χ0) is 21.5. The van der Waals surface area contributed by atoms with E-state index in [4.69, 9.17) is 22.1 Å². The van der Waals surface area contributed by atoms with Crippen LogP contribution in [-0.4, -0.2) is 29.9 Å². The number of hydrogen-bond donors (Lipinski definition) is 3. The Bertz CT molecular complexity index is 1160. The number of H-pyrrole nitrogens is 1. The highest BCUT2D eigenvalue weighted by molar-refractivity contribution is 6.32. The van der Waals surface area contributed by atoms with Crippen LogP contribution >= 0.6 is 11.6 Å². The lowest BCUT2D eigenvalue weighted by Gasteiger charge is -2.07. The maximum atomic E-state index is 12.4. The fraction of sp³-hybridized carbons (Fsp3) is 0.136. The maximum absolute atomic E-state index is 12.4. The molecule has 0 saturated heterocycles. The van der Waals surface area contributed by atoms with Gasteiger partial charge < -0.3 is 20.8 Å². The second kappa shape index (κ2) is 9.63. The van der Waals surface area contributed by atoms with Gasteiger partial charge >= 0.3 is 0 Å². The lowest BCUT2D eigenvalue weighted by Crippen LogP contribution is -2.26. The Morgan fingerprint density at radius 2 is 2.07 bits per heavy atom. The second-order valence-electron chi connectivity index (χ2n) is 6.48. The Morgan fingerprint density at radius 3 is 2.80 bits per heavy atom. The number of carbonyl (C=O) groups is 2. The van der Waals surface area contributed by atoms with Gasteiger partial charge in [0.1, 0.15) is 17.4 Å². The van der Waals surface area contributed by atoms with Gasteiger partial charge in [0.25, 0.3) is 11.8 Å². The Hall–Kier alpha value is -3.76. The molecule has 0 saturated carbocycles. The number of halogens is 1. The molecule has 8 heteroatoms. The van der Waals surface area contributed by atoms with Crippen LogP contribution < -0.4 is 15.8 Å². The second-order valence-corrected chi connectivity index (χ2v) is 6.89. The molecule has 0 fully saturated rings. The van der Waals surface area contributed by atoms with E-state index in [9.17, 15) is 14.9 Å². The summed E-state index contributed by atoms with van der Waals surface area (Å²) >= 11 is 6.11. The number of aromatic nitrogens is 1. The van der Waals surface area contributed by atoms with Crippen LogP contribution in [0.15, 0.2) is 54.2 Å². The highest BCUT2D eigenvalue weighted by Gasteiger charge is 2.11. The van der Waals surface area contributed by atoms with E-state index in [2.05, 4.69) is 10.3 Å². The number of fused-ring (bicyclic) bond motifs is 1.